The predicted octanol–water partition coefficient (Wildman–Crippen LogP) is 4.02. The number of rotatable bonds is 5. The number of halogens is 1. The number of hydrogen-bond donors (Lipinski definition) is 1. The summed E-state index contributed by atoms with van der Waals surface area (Å²) in [5, 5.41) is 3.43. The number of carbonyl (C=O) groups is 1. The molecule has 1 unspecified atom stereocenters. The highest BCUT2D eigenvalue weighted by Crippen LogP contribution is 2.26. The summed E-state index contributed by atoms with van der Waals surface area (Å²) in [5.74, 6) is 0.897. The highest BCUT2D eigenvalue weighted by molar-refractivity contribution is 5.94. The van der Waals surface area contributed by atoms with Gasteiger partial charge in [-0.2, -0.15) is 0 Å². The maximum Gasteiger partial charge on any atom is 0.254 e. The van der Waals surface area contributed by atoms with Crippen LogP contribution in [0.2, 0.25) is 0 Å². The number of amides is 1. The molecule has 1 atom stereocenters. The lowest BCUT2D eigenvalue weighted by Crippen LogP contribution is -2.48. The van der Waals surface area contributed by atoms with Gasteiger partial charge in [0.2, 0.25) is 0 Å². The normalized spacial score (nSPS) is 19.8. The van der Waals surface area contributed by atoms with Crippen LogP contribution in [-0.4, -0.2) is 49.8 Å². The average molecular weight is 431 g/mol. The molecule has 6 heteroatoms. The first kappa shape index (κ1) is 22.6. The summed E-state index contributed by atoms with van der Waals surface area (Å²) in [7, 11) is 0. The Kier molecular flexibility index (Phi) is 8.14. The molecule has 2 aliphatic heterocycles. The molecular weight excluding hydrogens is 400 g/mol. The van der Waals surface area contributed by atoms with Crippen LogP contribution in [0.25, 0.3) is 0 Å². The Hall–Kier alpha value is -2.08. The second-order valence-corrected chi connectivity index (χ2v) is 7.77. The van der Waals surface area contributed by atoms with Gasteiger partial charge >= 0.3 is 0 Å². The van der Waals surface area contributed by atoms with Crippen molar-refractivity contribution in [1.82, 2.24) is 10.2 Å². The number of ether oxygens (including phenoxy) is 2. The zero-order chi connectivity index (χ0) is 20.1. The number of benzene rings is 2. The Balaban J connectivity index is 0.00000256. The lowest BCUT2D eigenvalue weighted by Gasteiger charge is -2.36. The molecule has 2 saturated heterocycles. The third-order valence-electron chi connectivity index (χ3n) is 5.85. The van der Waals surface area contributed by atoms with E-state index in [1.807, 2.05) is 29.2 Å². The molecule has 2 aliphatic rings. The Morgan fingerprint density at radius 2 is 1.80 bits per heavy atom. The maximum atomic E-state index is 13.2. The average Bonchev–Trinajstić information content (AvgIpc) is 2.80. The largest absolute Gasteiger partial charge is 0.490 e. The topological polar surface area (TPSA) is 50.8 Å². The van der Waals surface area contributed by atoms with Crippen molar-refractivity contribution in [2.45, 2.75) is 38.3 Å². The fraction of sp³-hybridized carbons (Fsp3) is 0.458. The van der Waals surface area contributed by atoms with Gasteiger partial charge in [0.05, 0.1) is 19.3 Å². The molecule has 1 N–H and O–H groups in total. The first-order chi connectivity index (χ1) is 14.2. The van der Waals surface area contributed by atoms with Crippen LogP contribution in [0.5, 0.6) is 5.75 Å². The summed E-state index contributed by atoms with van der Waals surface area (Å²) in [6.45, 7) is 5.97. The van der Waals surface area contributed by atoms with E-state index in [-0.39, 0.29) is 30.5 Å². The summed E-state index contributed by atoms with van der Waals surface area (Å²) < 4.78 is 11.4. The minimum absolute atomic E-state index is 0. The van der Waals surface area contributed by atoms with Gasteiger partial charge in [-0.15, -0.1) is 12.4 Å². The van der Waals surface area contributed by atoms with Gasteiger partial charge in [-0.05, 0) is 41.8 Å². The SMILES string of the molecule is CCc1ccc(C2CNCCN2C(=O)c2ccc(OC3CCOCC3)cc2)cc1.Cl. The van der Waals surface area contributed by atoms with Crippen LogP contribution in [0.3, 0.4) is 0 Å². The minimum Gasteiger partial charge on any atom is -0.490 e. The molecule has 2 fully saturated rings. The fourth-order valence-corrected chi connectivity index (χ4v) is 4.05. The van der Waals surface area contributed by atoms with Gasteiger partial charge in [-0.25, -0.2) is 0 Å². The Labute approximate surface area is 185 Å². The van der Waals surface area contributed by atoms with Crippen LogP contribution in [-0.2, 0) is 11.2 Å². The lowest BCUT2D eigenvalue weighted by atomic mass is 10.00. The smallest absolute Gasteiger partial charge is 0.254 e. The molecule has 2 aromatic rings. The third kappa shape index (κ3) is 5.34. The Morgan fingerprint density at radius 1 is 1.10 bits per heavy atom. The Morgan fingerprint density at radius 3 is 2.47 bits per heavy atom. The highest BCUT2D eigenvalue weighted by Gasteiger charge is 2.28. The quantitative estimate of drug-likeness (QED) is 0.778. The standard InChI is InChI=1S/C24H30N2O3.ClH/c1-2-18-3-5-19(6-4-18)23-17-25-13-14-26(23)24(27)20-7-9-21(10-8-20)29-22-11-15-28-16-12-22;/h3-10,22-23,25H,2,11-17H2,1H3;1H. The van der Waals surface area contributed by atoms with Gasteiger partial charge in [0.1, 0.15) is 11.9 Å². The van der Waals surface area contributed by atoms with Crippen LogP contribution in [0.15, 0.2) is 48.5 Å². The van der Waals surface area contributed by atoms with Crippen LogP contribution in [0.1, 0.15) is 47.3 Å². The third-order valence-corrected chi connectivity index (χ3v) is 5.85. The first-order valence-electron chi connectivity index (χ1n) is 10.7. The van der Waals surface area contributed by atoms with Crippen molar-refractivity contribution in [2.24, 2.45) is 0 Å². The summed E-state index contributed by atoms with van der Waals surface area (Å²) in [6, 6.07) is 16.3. The van der Waals surface area contributed by atoms with E-state index in [9.17, 15) is 4.79 Å². The van der Waals surface area contributed by atoms with E-state index < -0.39 is 0 Å². The second kappa shape index (κ2) is 10.8. The lowest BCUT2D eigenvalue weighted by molar-refractivity contribution is 0.0255. The second-order valence-electron chi connectivity index (χ2n) is 7.77. The van der Waals surface area contributed by atoms with Gasteiger partial charge in [0.25, 0.3) is 5.91 Å². The fourth-order valence-electron chi connectivity index (χ4n) is 4.05. The molecule has 5 nitrogen and oxygen atoms in total. The monoisotopic (exact) mass is 430 g/mol. The summed E-state index contributed by atoms with van der Waals surface area (Å²) in [4.78, 5) is 15.2. The maximum absolute atomic E-state index is 13.2. The van der Waals surface area contributed by atoms with Crippen LogP contribution in [0, 0.1) is 0 Å². The molecule has 162 valence electrons. The van der Waals surface area contributed by atoms with E-state index in [0.29, 0.717) is 12.1 Å². The van der Waals surface area contributed by atoms with Crippen LogP contribution < -0.4 is 10.1 Å². The predicted molar refractivity (Wildman–Crippen MR) is 121 cm³/mol. The molecule has 2 aromatic carbocycles. The zero-order valence-electron chi connectivity index (χ0n) is 17.5. The molecule has 4 rings (SSSR count). The number of nitrogens with zero attached hydrogens (tertiary/aromatic N) is 1. The van der Waals surface area contributed by atoms with Gasteiger partial charge in [-0.3, -0.25) is 4.79 Å². The van der Waals surface area contributed by atoms with Crippen molar-refractivity contribution < 1.29 is 14.3 Å². The summed E-state index contributed by atoms with van der Waals surface area (Å²) >= 11 is 0. The van der Waals surface area contributed by atoms with Crippen molar-refractivity contribution >= 4 is 18.3 Å². The van der Waals surface area contributed by atoms with Gasteiger partial charge in [0.15, 0.2) is 0 Å². The molecule has 0 saturated carbocycles. The molecule has 2 heterocycles. The number of hydrogen-bond acceptors (Lipinski definition) is 4. The minimum atomic E-state index is 0. The molecule has 0 aliphatic carbocycles. The van der Waals surface area contributed by atoms with Gasteiger partial charge < -0.3 is 19.7 Å². The van der Waals surface area contributed by atoms with Crippen molar-refractivity contribution in [3.05, 3.63) is 65.2 Å². The van der Waals surface area contributed by atoms with Gasteiger partial charge in [-0.1, -0.05) is 31.2 Å². The van der Waals surface area contributed by atoms with Crippen molar-refractivity contribution in [3.8, 4) is 5.75 Å². The van der Waals surface area contributed by atoms with E-state index >= 15 is 0 Å². The number of carbonyl (C=O) groups excluding carboxylic acids is 1. The summed E-state index contributed by atoms with van der Waals surface area (Å²) in [6.07, 6.45) is 3.06. The van der Waals surface area contributed by atoms with E-state index in [4.69, 9.17) is 9.47 Å². The van der Waals surface area contributed by atoms with E-state index in [1.165, 1.54) is 11.1 Å². The number of aryl methyl sites for hydroxylation is 1. The Bertz CT molecular complexity index is 804. The van der Waals surface area contributed by atoms with Crippen LogP contribution >= 0.6 is 12.4 Å². The van der Waals surface area contributed by atoms with Crippen molar-refractivity contribution in [3.63, 3.8) is 0 Å². The molecule has 0 aromatic heterocycles. The van der Waals surface area contributed by atoms with E-state index in [1.54, 1.807) is 0 Å². The first-order valence-corrected chi connectivity index (χ1v) is 10.7. The molecule has 0 bridgehead atoms. The molecule has 1 amide bonds. The molecule has 0 spiro atoms. The zero-order valence-corrected chi connectivity index (χ0v) is 18.3. The molecule has 30 heavy (non-hydrogen) atoms. The van der Waals surface area contributed by atoms with E-state index in [0.717, 1.165) is 51.3 Å². The van der Waals surface area contributed by atoms with Crippen molar-refractivity contribution in [1.29, 1.82) is 0 Å². The van der Waals surface area contributed by atoms with Crippen molar-refractivity contribution in [2.75, 3.05) is 32.8 Å². The highest BCUT2D eigenvalue weighted by atomic mass is 35.5. The molecular formula is C24H31ClN2O3. The van der Waals surface area contributed by atoms with Gasteiger partial charge in [0, 0.05) is 38.0 Å². The van der Waals surface area contributed by atoms with Crippen LogP contribution in [0.4, 0.5) is 0 Å². The number of piperazine rings is 1. The molecule has 0 radical (unpaired) electrons. The summed E-state index contributed by atoms with van der Waals surface area (Å²) in [5.41, 5.74) is 3.21. The van der Waals surface area contributed by atoms with E-state index in [2.05, 4.69) is 36.5 Å². The number of nitrogens with one attached hydrogen (secondary N) is 1.